The number of benzene rings is 1. The summed E-state index contributed by atoms with van der Waals surface area (Å²) in [6.45, 7) is -0.796. The molecule has 1 amide bonds. The normalized spacial score (nSPS) is 11.8. The van der Waals surface area contributed by atoms with E-state index in [-0.39, 0.29) is 0 Å². The molecule has 0 spiro atoms. The molecule has 0 aliphatic heterocycles. The molecule has 7 nitrogen and oxygen atoms in total. The van der Waals surface area contributed by atoms with Gasteiger partial charge in [0.15, 0.2) is 6.04 Å². The Bertz CT molecular complexity index is 424. The molecule has 0 aromatic heterocycles. The first-order chi connectivity index (χ1) is 7.97. The molecule has 0 aliphatic carbocycles. The number of phenols is 2. The number of carboxylic acid groups (broad SMARTS) is 1. The molecular weight excluding hydrogens is 230 g/mol. The maximum absolute atomic E-state index is 11.6. The van der Waals surface area contributed by atoms with Crippen LogP contribution in [0.4, 0.5) is 0 Å². The summed E-state index contributed by atoms with van der Waals surface area (Å²) in [6.07, 6.45) is 0. The predicted molar refractivity (Wildman–Crippen MR) is 55.7 cm³/mol. The largest absolute Gasteiger partial charge is 0.507 e. The molecule has 0 unspecified atom stereocenters. The predicted octanol–water partition coefficient (Wildman–Crippen LogP) is -0.727. The van der Waals surface area contributed by atoms with Crippen LogP contribution in [0.15, 0.2) is 18.2 Å². The summed E-state index contributed by atoms with van der Waals surface area (Å²) in [5.74, 6) is -3.37. The molecule has 17 heavy (non-hydrogen) atoms. The number of aliphatic hydroxyl groups excluding tert-OH is 1. The Morgan fingerprint density at radius 3 is 2.18 bits per heavy atom. The molecule has 0 fully saturated rings. The molecule has 5 N–H and O–H groups in total. The van der Waals surface area contributed by atoms with Crippen LogP contribution in [-0.2, 0) is 4.79 Å². The van der Waals surface area contributed by atoms with Crippen molar-refractivity contribution >= 4 is 11.9 Å². The molecule has 0 aliphatic rings. The van der Waals surface area contributed by atoms with Gasteiger partial charge in [-0.25, -0.2) is 4.79 Å². The van der Waals surface area contributed by atoms with Crippen molar-refractivity contribution in [3.8, 4) is 11.5 Å². The number of hydrogen-bond acceptors (Lipinski definition) is 5. The maximum Gasteiger partial charge on any atom is 0.328 e. The minimum Gasteiger partial charge on any atom is -0.507 e. The third-order valence-corrected chi connectivity index (χ3v) is 2.03. The van der Waals surface area contributed by atoms with E-state index in [1.54, 1.807) is 0 Å². The minimum atomic E-state index is -1.50. The van der Waals surface area contributed by atoms with Gasteiger partial charge in [-0.3, -0.25) is 4.79 Å². The molecule has 1 aromatic rings. The van der Waals surface area contributed by atoms with Gasteiger partial charge in [-0.15, -0.1) is 0 Å². The smallest absolute Gasteiger partial charge is 0.328 e. The number of nitrogens with one attached hydrogen (secondary N) is 1. The molecule has 92 valence electrons. The highest BCUT2D eigenvalue weighted by molar-refractivity contribution is 6.01. The molecule has 7 heteroatoms. The van der Waals surface area contributed by atoms with Gasteiger partial charge in [-0.2, -0.15) is 0 Å². The highest BCUT2D eigenvalue weighted by atomic mass is 16.4. The lowest BCUT2D eigenvalue weighted by Crippen LogP contribution is -2.43. The number of aliphatic carboxylic acids is 1. The van der Waals surface area contributed by atoms with Gasteiger partial charge >= 0.3 is 5.97 Å². The van der Waals surface area contributed by atoms with Crippen LogP contribution in [0.3, 0.4) is 0 Å². The van der Waals surface area contributed by atoms with Crippen molar-refractivity contribution in [2.75, 3.05) is 6.61 Å². The van der Waals surface area contributed by atoms with Gasteiger partial charge in [0.1, 0.15) is 17.1 Å². The minimum absolute atomic E-state index is 0.438. The van der Waals surface area contributed by atoms with E-state index in [0.717, 1.165) is 0 Å². The molecular formula is C10H11NO6. The summed E-state index contributed by atoms with van der Waals surface area (Å²) in [4.78, 5) is 22.1. The summed E-state index contributed by atoms with van der Waals surface area (Å²) >= 11 is 0. The van der Waals surface area contributed by atoms with Gasteiger partial charge in [-0.05, 0) is 12.1 Å². The first-order valence-corrected chi connectivity index (χ1v) is 4.62. The van der Waals surface area contributed by atoms with Crippen molar-refractivity contribution in [1.29, 1.82) is 0 Å². The van der Waals surface area contributed by atoms with Gasteiger partial charge in [0.2, 0.25) is 0 Å². The Balaban J connectivity index is 2.94. The van der Waals surface area contributed by atoms with E-state index >= 15 is 0 Å². The van der Waals surface area contributed by atoms with Crippen LogP contribution < -0.4 is 5.32 Å². The molecule has 0 saturated carbocycles. The molecule has 1 aromatic carbocycles. The third kappa shape index (κ3) is 2.85. The van der Waals surface area contributed by atoms with Crippen molar-refractivity contribution in [3.05, 3.63) is 23.8 Å². The number of phenolic OH excluding ortho intramolecular Hbond substituents is 2. The van der Waals surface area contributed by atoms with Crippen LogP contribution in [-0.4, -0.2) is 45.0 Å². The lowest BCUT2D eigenvalue weighted by Gasteiger charge is -2.12. The standard InChI is InChI=1S/C10H11NO6/c12-4-5(10(16)17)11-9(15)8-6(13)2-1-3-7(8)14/h1-3,5,12-14H,4H2,(H,11,15)(H,16,17)/t5-/m1/s1. The molecule has 0 radical (unpaired) electrons. The summed E-state index contributed by atoms with van der Waals surface area (Å²) in [6, 6.07) is 2.16. The second-order valence-corrected chi connectivity index (χ2v) is 3.22. The number of carbonyl (C=O) groups excluding carboxylic acids is 1. The van der Waals surface area contributed by atoms with E-state index in [4.69, 9.17) is 10.2 Å². The number of amides is 1. The topological polar surface area (TPSA) is 127 Å². The van der Waals surface area contributed by atoms with Gasteiger partial charge in [0.25, 0.3) is 5.91 Å². The highest BCUT2D eigenvalue weighted by Crippen LogP contribution is 2.25. The quantitative estimate of drug-likeness (QED) is 0.473. The maximum atomic E-state index is 11.6. The number of rotatable bonds is 4. The van der Waals surface area contributed by atoms with Crippen LogP contribution in [0.5, 0.6) is 11.5 Å². The Labute approximate surface area is 95.9 Å². The second-order valence-electron chi connectivity index (χ2n) is 3.22. The Kier molecular flexibility index (Phi) is 3.89. The summed E-state index contributed by atoms with van der Waals surface area (Å²) < 4.78 is 0. The molecule has 1 atom stereocenters. The summed E-state index contributed by atoms with van der Waals surface area (Å²) in [5, 5.41) is 38.0. The van der Waals surface area contributed by atoms with E-state index < -0.39 is 41.6 Å². The van der Waals surface area contributed by atoms with Crippen LogP contribution in [0.1, 0.15) is 10.4 Å². The van der Waals surface area contributed by atoms with Crippen LogP contribution in [0.2, 0.25) is 0 Å². The third-order valence-electron chi connectivity index (χ3n) is 2.03. The van der Waals surface area contributed by atoms with E-state index in [0.29, 0.717) is 0 Å². The zero-order chi connectivity index (χ0) is 13.0. The highest BCUT2D eigenvalue weighted by Gasteiger charge is 2.23. The lowest BCUT2D eigenvalue weighted by molar-refractivity contribution is -0.140. The molecule has 0 saturated heterocycles. The zero-order valence-corrected chi connectivity index (χ0v) is 8.62. The fraction of sp³-hybridized carbons (Fsp3) is 0.200. The number of aliphatic hydroxyl groups is 1. The first kappa shape index (κ1) is 12.8. The van der Waals surface area contributed by atoms with Crippen LogP contribution >= 0.6 is 0 Å². The molecule has 1 rings (SSSR count). The number of carboxylic acids is 1. The summed E-state index contributed by atoms with van der Waals surface area (Å²) in [7, 11) is 0. The second kappa shape index (κ2) is 5.17. The number of aromatic hydroxyl groups is 2. The van der Waals surface area contributed by atoms with Gasteiger partial charge in [0, 0.05) is 0 Å². The monoisotopic (exact) mass is 241 g/mol. The van der Waals surface area contributed by atoms with Crippen molar-refractivity contribution < 1.29 is 30.0 Å². The Morgan fingerprint density at radius 2 is 1.76 bits per heavy atom. The fourth-order valence-electron chi connectivity index (χ4n) is 1.18. The average Bonchev–Trinajstić information content (AvgIpc) is 2.25. The van der Waals surface area contributed by atoms with E-state index in [2.05, 4.69) is 0 Å². The Hall–Kier alpha value is -2.28. The zero-order valence-electron chi connectivity index (χ0n) is 8.62. The van der Waals surface area contributed by atoms with Crippen molar-refractivity contribution in [2.45, 2.75) is 6.04 Å². The average molecular weight is 241 g/mol. The SMILES string of the molecule is O=C(N[C@H](CO)C(=O)O)c1c(O)cccc1O. The number of hydrogen-bond donors (Lipinski definition) is 5. The lowest BCUT2D eigenvalue weighted by atomic mass is 10.1. The first-order valence-electron chi connectivity index (χ1n) is 4.62. The van der Waals surface area contributed by atoms with Crippen molar-refractivity contribution in [2.24, 2.45) is 0 Å². The summed E-state index contributed by atoms with van der Waals surface area (Å²) in [5.41, 5.74) is -0.438. The number of carbonyl (C=O) groups is 2. The van der Waals surface area contributed by atoms with E-state index in [1.807, 2.05) is 5.32 Å². The molecule has 0 heterocycles. The van der Waals surface area contributed by atoms with Crippen LogP contribution in [0, 0.1) is 0 Å². The van der Waals surface area contributed by atoms with Crippen molar-refractivity contribution in [1.82, 2.24) is 5.32 Å². The fourth-order valence-corrected chi connectivity index (χ4v) is 1.18. The van der Waals surface area contributed by atoms with Gasteiger partial charge in [0.05, 0.1) is 6.61 Å². The van der Waals surface area contributed by atoms with E-state index in [9.17, 15) is 19.8 Å². The molecule has 0 bridgehead atoms. The Morgan fingerprint density at radius 1 is 1.24 bits per heavy atom. The van der Waals surface area contributed by atoms with Gasteiger partial charge in [-0.1, -0.05) is 6.07 Å². The van der Waals surface area contributed by atoms with E-state index in [1.165, 1.54) is 18.2 Å². The van der Waals surface area contributed by atoms with Gasteiger partial charge < -0.3 is 25.7 Å². The van der Waals surface area contributed by atoms with Crippen molar-refractivity contribution in [3.63, 3.8) is 0 Å². The van der Waals surface area contributed by atoms with Crippen LogP contribution in [0.25, 0.3) is 0 Å².